The van der Waals surface area contributed by atoms with Gasteiger partial charge in [-0.1, -0.05) is 24.3 Å². The van der Waals surface area contributed by atoms with Crippen molar-refractivity contribution in [2.75, 3.05) is 12.3 Å². The molecule has 1 aliphatic rings. The minimum atomic E-state index is 0.129. The average Bonchev–Trinajstić information content (AvgIpc) is 3.15. The molecule has 0 radical (unpaired) electrons. The van der Waals surface area contributed by atoms with Crippen LogP contribution in [0.25, 0.3) is 11.3 Å². The maximum absolute atomic E-state index is 5.89. The van der Waals surface area contributed by atoms with Crippen molar-refractivity contribution >= 4 is 16.5 Å². The van der Waals surface area contributed by atoms with Crippen LogP contribution in [0.2, 0.25) is 0 Å². The van der Waals surface area contributed by atoms with Crippen molar-refractivity contribution in [2.24, 2.45) is 0 Å². The Kier molecular flexibility index (Phi) is 3.02. The van der Waals surface area contributed by atoms with Crippen LogP contribution in [0.1, 0.15) is 22.2 Å². The number of nitrogens with two attached hydrogens (primary N) is 1. The van der Waals surface area contributed by atoms with Gasteiger partial charge in [0.25, 0.3) is 0 Å². The number of furan rings is 1. The van der Waals surface area contributed by atoms with E-state index in [9.17, 15) is 0 Å². The average molecular weight is 297 g/mol. The first-order valence-corrected chi connectivity index (χ1v) is 7.76. The summed E-state index contributed by atoms with van der Waals surface area (Å²) in [4.78, 5) is 5.67. The van der Waals surface area contributed by atoms with E-state index in [1.54, 1.807) is 17.6 Å². The van der Waals surface area contributed by atoms with E-state index in [2.05, 4.69) is 28.5 Å². The second kappa shape index (κ2) is 5.02. The van der Waals surface area contributed by atoms with Gasteiger partial charge >= 0.3 is 0 Å². The number of benzene rings is 1. The van der Waals surface area contributed by atoms with E-state index in [1.807, 2.05) is 18.2 Å². The van der Waals surface area contributed by atoms with E-state index in [0.717, 1.165) is 30.0 Å². The van der Waals surface area contributed by atoms with Crippen molar-refractivity contribution in [3.63, 3.8) is 0 Å². The van der Waals surface area contributed by atoms with Crippen LogP contribution in [-0.2, 0) is 6.42 Å². The molecule has 1 atom stereocenters. The van der Waals surface area contributed by atoms with Crippen molar-refractivity contribution in [2.45, 2.75) is 12.5 Å². The van der Waals surface area contributed by atoms with Crippen molar-refractivity contribution in [3.8, 4) is 11.3 Å². The van der Waals surface area contributed by atoms with Crippen LogP contribution in [0.5, 0.6) is 0 Å². The molecule has 2 aromatic heterocycles. The lowest BCUT2D eigenvalue weighted by Gasteiger charge is -2.25. The zero-order chi connectivity index (χ0) is 14.2. The van der Waals surface area contributed by atoms with Gasteiger partial charge in [-0.15, -0.1) is 11.3 Å². The molecule has 0 amide bonds. The van der Waals surface area contributed by atoms with Crippen LogP contribution in [0.15, 0.2) is 47.1 Å². The summed E-state index contributed by atoms with van der Waals surface area (Å²) >= 11 is 1.57. The third-order valence-electron chi connectivity index (χ3n) is 3.77. The summed E-state index contributed by atoms with van der Waals surface area (Å²) in [5, 5.41) is 4.22. The van der Waals surface area contributed by atoms with Crippen LogP contribution in [0, 0.1) is 0 Å². The van der Waals surface area contributed by atoms with E-state index in [1.165, 1.54) is 10.4 Å². The molecule has 0 saturated heterocycles. The van der Waals surface area contributed by atoms with Crippen molar-refractivity contribution in [3.05, 3.63) is 58.8 Å². The number of nitrogens with one attached hydrogen (secondary N) is 1. The van der Waals surface area contributed by atoms with Crippen molar-refractivity contribution < 1.29 is 4.42 Å². The second-order valence-electron chi connectivity index (χ2n) is 5.06. The van der Waals surface area contributed by atoms with Crippen LogP contribution >= 0.6 is 11.3 Å². The fourth-order valence-corrected chi connectivity index (χ4v) is 3.85. The lowest BCUT2D eigenvalue weighted by molar-refractivity contribution is 0.562. The molecule has 0 saturated carbocycles. The Bertz CT molecular complexity index is 764. The molecule has 1 unspecified atom stereocenters. The molecular weight excluding hydrogens is 282 g/mol. The van der Waals surface area contributed by atoms with Gasteiger partial charge in [-0.2, -0.15) is 0 Å². The highest BCUT2D eigenvalue weighted by Gasteiger charge is 2.27. The van der Waals surface area contributed by atoms with E-state index in [4.69, 9.17) is 10.2 Å². The molecule has 3 heterocycles. The quantitative estimate of drug-likeness (QED) is 0.762. The molecule has 3 N–H and O–H groups in total. The Morgan fingerprint density at radius 3 is 3.00 bits per heavy atom. The first kappa shape index (κ1) is 12.6. The third kappa shape index (κ3) is 2.14. The van der Waals surface area contributed by atoms with Crippen molar-refractivity contribution in [1.82, 2.24) is 10.3 Å². The number of aromatic nitrogens is 1. The highest BCUT2D eigenvalue weighted by molar-refractivity contribution is 7.15. The molecule has 0 fully saturated rings. The van der Waals surface area contributed by atoms with Crippen molar-refractivity contribution in [1.29, 1.82) is 0 Å². The summed E-state index contributed by atoms with van der Waals surface area (Å²) in [6.45, 7) is 0.910. The van der Waals surface area contributed by atoms with Gasteiger partial charge in [0.15, 0.2) is 5.13 Å². The number of anilines is 1. The van der Waals surface area contributed by atoms with Gasteiger partial charge in [0.2, 0.25) is 0 Å². The number of hydrogen-bond acceptors (Lipinski definition) is 5. The number of fused-ring (bicyclic) bond motifs is 1. The Balaban J connectivity index is 1.85. The maximum Gasteiger partial charge on any atom is 0.180 e. The van der Waals surface area contributed by atoms with Gasteiger partial charge < -0.3 is 15.5 Å². The Labute approximate surface area is 126 Å². The Morgan fingerprint density at radius 2 is 2.14 bits per heavy atom. The molecule has 0 bridgehead atoms. The van der Waals surface area contributed by atoms with Gasteiger partial charge in [0.1, 0.15) is 5.76 Å². The largest absolute Gasteiger partial charge is 0.464 e. The normalized spacial score (nSPS) is 17.6. The van der Waals surface area contributed by atoms with Gasteiger partial charge in [0, 0.05) is 18.5 Å². The Hall–Kier alpha value is -2.11. The zero-order valence-corrected chi connectivity index (χ0v) is 12.2. The summed E-state index contributed by atoms with van der Waals surface area (Å²) in [7, 11) is 0. The number of rotatable bonds is 2. The smallest absolute Gasteiger partial charge is 0.180 e. The maximum atomic E-state index is 5.89. The predicted molar refractivity (Wildman–Crippen MR) is 84.2 cm³/mol. The molecular formula is C16H15N3OS. The molecule has 5 heteroatoms. The summed E-state index contributed by atoms with van der Waals surface area (Å²) in [5.41, 5.74) is 9.33. The first-order chi connectivity index (χ1) is 10.3. The first-order valence-electron chi connectivity index (χ1n) is 6.94. The van der Waals surface area contributed by atoms with E-state index in [-0.39, 0.29) is 6.04 Å². The molecule has 1 aromatic carbocycles. The molecule has 0 spiro atoms. The molecule has 106 valence electrons. The molecule has 4 nitrogen and oxygen atoms in total. The molecule has 4 rings (SSSR count). The molecule has 1 aliphatic heterocycles. The second-order valence-corrected chi connectivity index (χ2v) is 6.13. The van der Waals surface area contributed by atoms with E-state index in [0.29, 0.717) is 5.13 Å². The van der Waals surface area contributed by atoms with Crippen LogP contribution in [-0.4, -0.2) is 11.5 Å². The number of thiazole rings is 1. The van der Waals surface area contributed by atoms with Crippen LogP contribution in [0.3, 0.4) is 0 Å². The summed E-state index contributed by atoms with van der Waals surface area (Å²) in [6, 6.07) is 12.4. The standard InChI is InChI=1S/C16H15N3OS/c17-16-19-12-7-8-18-14(15(12)21-16)11-5-2-1-4-10(11)13-6-3-9-20-13/h1-6,9,14,18H,7-8H2,(H2,17,19). The highest BCUT2D eigenvalue weighted by atomic mass is 32.1. The van der Waals surface area contributed by atoms with E-state index >= 15 is 0 Å². The molecule has 0 aliphatic carbocycles. The summed E-state index contributed by atoms with van der Waals surface area (Å²) < 4.78 is 5.58. The van der Waals surface area contributed by atoms with Gasteiger partial charge in [-0.25, -0.2) is 4.98 Å². The minimum Gasteiger partial charge on any atom is -0.464 e. The van der Waals surface area contributed by atoms with Crippen LogP contribution in [0.4, 0.5) is 5.13 Å². The molecule has 3 aromatic rings. The summed E-state index contributed by atoms with van der Waals surface area (Å²) in [5.74, 6) is 0.886. The Morgan fingerprint density at radius 1 is 1.24 bits per heavy atom. The zero-order valence-electron chi connectivity index (χ0n) is 11.4. The topological polar surface area (TPSA) is 64.1 Å². The fourth-order valence-electron chi connectivity index (χ4n) is 2.87. The lowest BCUT2D eigenvalue weighted by atomic mass is 9.94. The molecule has 21 heavy (non-hydrogen) atoms. The van der Waals surface area contributed by atoms with Crippen LogP contribution < -0.4 is 11.1 Å². The monoisotopic (exact) mass is 297 g/mol. The van der Waals surface area contributed by atoms with Gasteiger partial charge in [-0.3, -0.25) is 0 Å². The van der Waals surface area contributed by atoms with E-state index < -0.39 is 0 Å². The SMILES string of the molecule is Nc1nc2c(s1)C(c1ccccc1-c1ccco1)NCC2. The lowest BCUT2D eigenvalue weighted by Crippen LogP contribution is -2.30. The minimum absolute atomic E-state index is 0.129. The third-order valence-corrected chi connectivity index (χ3v) is 4.77. The number of hydrogen-bond donors (Lipinski definition) is 2. The fraction of sp³-hybridized carbons (Fsp3) is 0.188. The summed E-state index contributed by atoms with van der Waals surface area (Å²) in [6.07, 6.45) is 2.64. The number of nitrogens with zero attached hydrogens (tertiary/aromatic N) is 1. The highest BCUT2D eigenvalue weighted by Crippen LogP contribution is 2.38. The van der Waals surface area contributed by atoms with Gasteiger partial charge in [0.05, 0.1) is 22.9 Å². The van der Waals surface area contributed by atoms with Gasteiger partial charge in [-0.05, 0) is 17.7 Å². The predicted octanol–water partition coefficient (Wildman–Crippen LogP) is 3.22. The number of nitrogen functional groups attached to an aromatic ring is 1.